The summed E-state index contributed by atoms with van der Waals surface area (Å²) in [6.45, 7) is 18.0. The summed E-state index contributed by atoms with van der Waals surface area (Å²) in [5.74, 6) is -2.73. The molecule has 5 saturated carbocycles. The Labute approximate surface area is 281 Å². The standard InChI is InChI=1S/C39H62O8/c1-21(41)46-27-12-13-35(6)25(34(27,4)5)11-14-37(8)26(35)10-9-22-23-19-33(2,3)15-17-38(23,18-16-36(22,37)7)32(44)31-28-30(43)29(42)24(20-40)39(28,45)47-31/h9,23-32,40,42-45H,10-20H2,1-8H3/t23?,24?,25?,26?,27-,28?,29-,30?,31-,32+,35-,36+,37+,38-,39?/m0/s1. The van der Waals surface area contributed by atoms with Crippen LogP contribution in [0.15, 0.2) is 11.6 Å². The number of carbonyl (C=O) groups excluding carboxylic acids is 1. The lowest BCUT2D eigenvalue weighted by Crippen LogP contribution is -2.71. The molecule has 266 valence electrons. The molecule has 0 spiro atoms. The lowest BCUT2D eigenvalue weighted by atomic mass is 9.33. The maximum Gasteiger partial charge on any atom is 0.302 e. The van der Waals surface area contributed by atoms with Crippen LogP contribution in [0.2, 0.25) is 0 Å². The van der Waals surface area contributed by atoms with Crippen molar-refractivity contribution in [2.45, 2.75) is 156 Å². The minimum atomic E-state index is -1.83. The molecule has 1 heterocycles. The van der Waals surface area contributed by atoms with Crippen LogP contribution < -0.4 is 0 Å². The van der Waals surface area contributed by atoms with Crippen LogP contribution in [0.4, 0.5) is 0 Å². The maximum absolute atomic E-state index is 12.4. The van der Waals surface area contributed by atoms with Gasteiger partial charge in [0.25, 0.3) is 0 Å². The van der Waals surface area contributed by atoms with Gasteiger partial charge in [0, 0.05) is 17.8 Å². The first-order chi connectivity index (χ1) is 21.7. The van der Waals surface area contributed by atoms with Crippen LogP contribution in [0.5, 0.6) is 0 Å². The Morgan fingerprint density at radius 3 is 2.30 bits per heavy atom. The fourth-order valence-corrected chi connectivity index (χ4v) is 14.0. The van der Waals surface area contributed by atoms with Gasteiger partial charge in [-0.2, -0.15) is 0 Å². The van der Waals surface area contributed by atoms with Gasteiger partial charge in [-0.3, -0.25) is 4.79 Å². The van der Waals surface area contributed by atoms with Gasteiger partial charge in [-0.25, -0.2) is 0 Å². The number of rotatable bonds is 4. The monoisotopic (exact) mass is 658 g/mol. The Balaban J connectivity index is 1.24. The van der Waals surface area contributed by atoms with Crippen molar-refractivity contribution in [2.24, 2.45) is 62.1 Å². The molecule has 6 fully saturated rings. The highest BCUT2D eigenvalue weighted by molar-refractivity contribution is 5.66. The molecule has 8 nitrogen and oxygen atoms in total. The molecule has 0 aromatic rings. The predicted molar refractivity (Wildman–Crippen MR) is 177 cm³/mol. The van der Waals surface area contributed by atoms with Gasteiger partial charge < -0.3 is 35.0 Å². The second-order valence-electron chi connectivity index (χ2n) is 19.5. The van der Waals surface area contributed by atoms with E-state index in [1.165, 1.54) is 12.5 Å². The third-order valence-corrected chi connectivity index (χ3v) is 16.9. The van der Waals surface area contributed by atoms with E-state index in [1.807, 2.05) is 0 Å². The van der Waals surface area contributed by atoms with Gasteiger partial charge in [0.15, 0.2) is 5.79 Å². The lowest BCUT2D eigenvalue weighted by Gasteiger charge is -2.72. The fraction of sp³-hybridized carbons (Fsp3) is 0.923. The smallest absolute Gasteiger partial charge is 0.302 e. The van der Waals surface area contributed by atoms with Crippen molar-refractivity contribution in [2.75, 3.05) is 6.61 Å². The van der Waals surface area contributed by atoms with E-state index in [2.05, 4.69) is 54.5 Å². The summed E-state index contributed by atoms with van der Waals surface area (Å²) < 4.78 is 12.0. The van der Waals surface area contributed by atoms with Gasteiger partial charge in [-0.15, -0.1) is 0 Å². The SMILES string of the molecule is CC(=O)O[C@H]1CC[C@@]2(C)C(CC[C@]3(C)C2CC=C2C4CC(C)(C)CC[C@]4([C@H](O)[C@H]4OC5(O)C(CO)[C@H](O)C(O)C45)CC[C@]23C)C1(C)C. The number of hydrogen-bond donors (Lipinski definition) is 5. The highest BCUT2D eigenvalue weighted by Gasteiger charge is 2.75. The Hall–Kier alpha value is -1.03. The van der Waals surface area contributed by atoms with Gasteiger partial charge in [0.1, 0.15) is 6.10 Å². The Morgan fingerprint density at radius 2 is 1.64 bits per heavy atom. The van der Waals surface area contributed by atoms with Gasteiger partial charge in [0.2, 0.25) is 0 Å². The van der Waals surface area contributed by atoms with Crippen molar-refractivity contribution in [1.29, 1.82) is 0 Å². The molecule has 47 heavy (non-hydrogen) atoms. The molecule has 15 atom stereocenters. The normalized spacial score (nSPS) is 54.7. The summed E-state index contributed by atoms with van der Waals surface area (Å²) in [5, 5.41) is 55.3. The third-order valence-electron chi connectivity index (χ3n) is 16.9. The van der Waals surface area contributed by atoms with Crippen LogP contribution in [0.3, 0.4) is 0 Å². The molecule has 6 aliphatic carbocycles. The number of ether oxygens (including phenoxy) is 2. The second-order valence-corrected chi connectivity index (χ2v) is 19.5. The van der Waals surface area contributed by atoms with Crippen molar-refractivity contribution in [3.8, 4) is 0 Å². The van der Waals surface area contributed by atoms with Crippen molar-refractivity contribution >= 4 is 5.97 Å². The number of allylic oxidation sites excluding steroid dienone is 2. The van der Waals surface area contributed by atoms with Crippen LogP contribution in [-0.2, 0) is 14.3 Å². The summed E-state index contributed by atoms with van der Waals surface area (Å²) in [6, 6.07) is 0. The minimum absolute atomic E-state index is 0.0334. The quantitative estimate of drug-likeness (QED) is 0.207. The second kappa shape index (κ2) is 10.5. The van der Waals surface area contributed by atoms with Crippen LogP contribution in [0, 0.1) is 62.1 Å². The zero-order valence-corrected chi connectivity index (χ0v) is 30.1. The predicted octanol–water partition coefficient (Wildman–Crippen LogP) is 5.13. The van der Waals surface area contributed by atoms with Crippen molar-refractivity contribution in [3.63, 3.8) is 0 Å². The van der Waals surface area contributed by atoms with Gasteiger partial charge in [0.05, 0.1) is 42.9 Å². The molecule has 8 heteroatoms. The molecule has 0 aromatic carbocycles. The Bertz CT molecular complexity index is 1330. The zero-order chi connectivity index (χ0) is 34.3. The van der Waals surface area contributed by atoms with E-state index in [-0.39, 0.29) is 45.1 Å². The molecule has 1 saturated heterocycles. The summed E-state index contributed by atoms with van der Waals surface area (Å²) in [4.78, 5) is 12.0. The molecule has 0 amide bonds. The van der Waals surface area contributed by atoms with Crippen LogP contribution in [0.1, 0.15) is 120 Å². The number of hydrogen-bond acceptors (Lipinski definition) is 8. The molecular weight excluding hydrogens is 596 g/mol. The van der Waals surface area contributed by atoms with E-state index in [9.17, 15) is 30.3 Å². The number of esters is 1. The molecular formula is C39H62O8. The summed E-state index contributed by atoms with van der Waals surface area (Å²) in [5.41, 5.74) is 1.24. The molecule has 0 radical (unpaired) electrons. The molecule has 1 aliphatic heterocycles. The first kappa shape index (κ1) is 34.4. The van der Waals surface area contributed by atoms with Gasteiger partial charge >= 0.3 is 5.97 Å². The Kier molecular flexibility index (Phi) is 7.69. The van der Waals surface area contributed by atoms with Crippen molar-refractivity contribution in [3.05, 3.63) is 11.6 Å². The van der Waals surface area contributed by atoms with Crippen molar-refractivity contribution < 1.29 is 39.8 Å². The van der Waals surface area contributed by atoms with E-state index >= 15 is 0 Å². The lowest BCUT2D eigenvalue weighted by molar-refractivity contribution is -0.404. The van der Waals surface area contributed by atoms with Crippen LogP contribution in [0.25, 0.3) is 0 Å². The topological polar surface area (TPSA) is 137 Å². The summed E-state index contributed by atoms with van der Waals surface area (Å²) >= 11 is 0. The molecule has 0 bridgehead atoms. The molecule has 7 aliphatic rings. The van der Waals surface area contributed by atoms with Crippen molar-refractivity contribution in [1.82, 2.24) is 0 Å². The van der Waals surface area contributed by atoms with Gasteiger partial charge in [-0.05, 0) is 104 Å². The Morgan fingerprint density at radius 1 is 0.957 bits per heavy atom. The van der Waals surface area contributed by atoms with Gasteiger partial charge in [-0.1, -0.05) is 60.1 Å². The average molecular weight is 659 g/mol. The van der Waals surface area contributed by atoms with E-state index in [0.717, 1.165) is 64.2 Å². The van der Waals surface area contributed by atoms with E-state index in [1.54, 1.807) is 0 Å². The number of aliphatic hydroxyl groups is 5. The zero-order valence-electron chi connectivity index (χ0n) is 30.1. The highest BCUT2D eigenvalue weighted by atomic mass is 16.7. The van der Waals surface area contributed by atoms with Crippen LogP contribution >= 0.6 is 0 Å². The van der Waals surface area contributed by atoms with E-state index in [4.69, 9.17) is 9.47 Å². The molecule has 5 N–H and O–H groups in total. The van der Waals surface area contributed by atoms with Crippen LogP contribution in [-0.4, -0.2) is 74.4 Å². The highest BCUT2D eigenvalue weighted by Crippen LogP contribution is 2.76. The van der Waals surface area contributed by atoms with E-state index in [0.29, 0.717) is 11.8 Å². The molecule has 0 aromatic heterocycles. The largest absolute Gasteiger partial charge is 0.462 e. The third kappa shape index (κ3) is 4.30. The summed E-state index contributed by atoms with van der Waals surface area (Å²) in [6.07, 6.45) is 8.07. The molecule has 7 rings (SSSR count). The minimum Gasteiger partial charge on any atom is -0.462 e. The van der Waals surface area contributed by atoms with E-state index < -0.39 is 54.1 Å². The number of fused-ring (bicyclic) bond motifs is 8. The number of carbonyl (C=O) groups is 1. The first-order valence-corrected chi connectivity index (χ1v) is 18.7. The first-order valence-electron chi connectivity index (χ1n) is 18.7. The fourth-order valence-electron chi connectivity index (χ4n) is 14.0. The maximum atomic E-state index is 12.4. The number of aliphatic hydroxyl groups excluding tert-OH is 4. The average Bonchev–Trinajstić information content (AvgIpc) is 3.10. The molecule has 7 unspecified atom stereocenters. The summed E-state index contributed by atoms with van der Waals surface area (Å²) in [7, 11) is 0.